The van der Waals surface area contributed by atoms with Gasteiger partial charge in [0, 0.05) is 12.2 Å². The Balaban J connectivity index is 2.15. The lowest BCUT2D eigenvalue weighted by Gasteiger charge is -2.13. The normalized spacial score (nSPS) is 13.1. The van der Waals surface area contributed by atoms with Crippen LogP contribution < -0.4 is 0 Å². The zero-order chi connectivity index (χ0) is 11.4. The average Bonchev–Trinajstić information content (AvgIpc) is 2.76. The van der Waals surface area contributed by atoms with Crippen LogP contribution in [-0.4, -0.2) is 22.0 Å². The van der Waals surface area contributed by atoms with Gasteiger partial charge in [-0.3, -0.25) is 0 Å². The van der Waals surface area contributed by atoms with E-state index in [9.17, 15) is 0 Å². The molecule has 1 aromatic carbocycles. The summed E-state index contributed by atoms with van der Waals surface area (Å²) in [5.41, 5.74) is 2.90. The Labute approximate surface area is 95.0 Å². The van der Waals surface area contributed by atoms with Gasteiger partial charge in [-0.15, -0.1) is 0 Å². The van der Waals surface area contributed by atoms with E-state index in [-0.39, 0.29) is 6.10 Å². The summed E-state index contributed by atoms with van der Waals surface area (Å²) in [6.45, 7) is 5.01. The minimum Gasteiger partial charge on any atom is -0.374 e. The van der Waals surface area contributed by atoms with Gasteiger partial charge < -0.3 is 4.74 Å². The molecule has 1 heterocycles. The number of H-pyrrole nitrogens is 1. The maximum absolute atomic E-state index is 5.76. The molecule has 0 amide bonds. The van der Waals surface area contributed by atoms with Crippen molar-refractivity contribution in [3.63, 3.8) is 0 Å². The molecule has 0 bridgehead atoms. The Morgan fingerprint density at radius 3 is 3.06 bits per heavy atom. The number of rotatable bonds is 5. The van der Waals surface area contributed by atoms with Crippen LogP contribution in [0.4, 0.5) is 0 Å². The van der Waals surface area contributed by atoms with Crippen LogP contribution in [0.1, 0.15) is 38.4 Å². The Morgan fingerprint density at radius 1 is 1.38 bits per heavy atom. The van der Waals surface area contributed by atoms with Crippen molar-refractivity contribution in [2.75, 3.05) is 6.61 Å². The molecule has 0 aliphatic carbocycles. The first kappa shape index (κ1) is 11.1. The summed E-state index contributed by atoms with van der Waals surface area (Å²) in [5.74, 6) is 0. The van der Waals surface area contributed by atoms with E-state index in [1.165, 1.54) is 0 Å². The summed E-state index contributed by atoms with van der Waals surface area (Å²) in [6, 6.07) is 5.97. The van der Waals surface area contributed by atoms with Gasteiger partial charge in [0.25, 0.3) is 0 Å². The lowest BCUT2D eigenvalue weighted by atomic mass is 10.1. The van der Waals surface area contributed by atoms with Crippen molar-refractivity contribution in [1.29, 1.82) is 0 Å². The fraction of sp³-hybridized carbons (Fsp3) is 0.500. The summed E-state index contributed by atoms with van der Waals surface area (Å²) >= 11 is 0. The summed E-state index contributed by atoms with van der Waals surface area (Å²) in [6.07, 6.45) is 2.32. The molecule has 1 N–H and O–H groups in total. The zero-order valence-corrected chi connectivity index (χ0v) is 9.73. The first-order valence-corrected chi connectivity index (χ1v) is 5.74. The number of aromatic nitrogens is 3. The van der Waals surface area contributed by atoms with Gasteiger partial charge in [0.1, 0.15) is 11.0 Å². The van der Waals surface area contributed by atoms with Crippen LogP contribution in [0.25, 0.3) is 11.0 Å². The number of aromatic amines is 1. The number of fused-ring (bicyclic) bond motifs is 1. The van der Waals surface area contributed by atoms with Crippen LogP contribution >= 0.6 is 0 Å². The fourth-order valence-corrected chi connectivity index (χ4v) is 1.71. The zero-order valence-electron chi connectivity index (χ0n) is 9.73. The van der Waals surface area contributed by atoms with E-state index >= 15 is 0 Å². The SMILES string of the molecule is CCCCOC(C)c1cccc2n[nH]nc12. The molecule has 2 aromatic rings. The molecule has 4 nitrogen and oxygen atoms in total. The van der Waals surface area contributed by atoms with E-state index in [0.717, 1.165) is 36.0 Å². The van der Waals surface area contributed by atoms with Crippen LogP contribution in [0.3, 0.4) is 0 Å². The number of ether oxygens (including phenoxy) is 1. The molecule has 0 saturated heterocycles. The van der Waals surface area contributed by atoms with Crippen molar-refractivity contribution in [3.05, 3.63) is 23.8 Å². The van der Waals surface area contributed by atoms with Gasteiger partial charge in [-0.05, 0) is 19.4 Å². The number of nitrogens with one attached hydrogen (secondary N) is 1. The largest absolute Gasteiger partial charge is 0.374 e. The van der Waals surface area contributed by atoms with Gasteiger partial charge >= 0.3 is 0 Å². The van der Waals surface area contributed by atoms with Gasteiger partial charge in [-0.2, -0.15) is 15.4 Å². The Morgan fingerprint density at radius 2 is 2.25 bits per heavy atom. The summed E-state index contributed by atoms with van der Waals surface area (Å²) < 4.78 is 5.76. The second-order valence-electron chi connectivity index (χ2n) is 3.91. The van der Waals surface area contributed by atoms with E-state index in [4.69, 9.17) is 4.74 Å². The van der Waals surface area contributed by atoms with Crippen LogP contribution in [-0.2, 0) is 4.74 Å². The van der Waals surface area contributed by atoms with Gasteiger partial charge in [0.05, 0.1) is 6.10 Å². The highest BCUT2D eigenvalue weighted by Crippen LogP contribution is 2.23. The minimum atomic E-state index is 0.0698. The lowest BCUT2D eigenvalue weighted by molar-refractivity contribution is 0.0645. The molecule has 0 aliphatic heterocycles. The van der Waals surface area contributed by atoms with Crippen LogP contribution in [0.15, 0.2) is 18.2 Å². The van der Waals surface area contributed by atoms with E-state index in [1.54, 1.807) is 0 Å². The van der Waals surface area contributed by atoms with Crippen LogP contribution in [0.2, 0.25) is 0 Å². The molecule has 86 valence electrons. The smallest absolute Gasteiger partial charge is 0.118 e. The summed E-state index contributed by atoms with van der Waals surface area (Å²) in [4.78, 5) is 0. The molecule has 1 unspecified atom stereocenters. The summed E-state index contributed by atoms with van der Waals surface area (Å²) in [7, 11) is 0. The fourth-order valence-electron chi connectivity index (χ4n) is 1.71. The molecule has 0 fully saturated rings. The van der Waals surface area contributed by atoms with Crippen molar-refractivity contribution in [1.82, 2.24) is 15.4 Å². The molecule has 0 spiro atoms. The molecule has 4 heteroatoms. The van der Waals surface area contributed by atoms with Crippen molar-refractivity contribution in [3.8, 4) is 0 Å². The number of unbranched alkanes of at least 4 members (excludes halogenated alkanes) is 1. The lowest BCUT2D eigenvalue weighted by Crippen LogP contribution is -2.02. The number of benzene rings is 1. The first-order chi connectivity index (χ1) is 7.83. The van der Waals surface area contributed by atoms with Gasteiger partial charge in [-0.1, -0.05) is 25.5 Å². The molecular weight excluding hydrogens is 202 g/mol. The molecule has 0 aliphatic rings. The number of hydrogen-bond acceptors (Lipinski definition) is 3. The molecule has 2 rings (SSSR count). The van der Waals surface area contributed by atoms with Crippen molar-refractivity contribution in [2.24, 2.45) is 0 Å². The highest BCUT2D eigenvalue weighted by Gasteiger charge is 2.11. The topological polar surface area (TPSA) is 50.8 Å². The van der Waals surface area contributed by atoms with Crippen LogP contribution in [0.5, 0.6) is 0 Å². The molecule has 0 saturated carbocycles. The maximum atomic E-state index is 5.76. The summed E-state index contributed by atoms with van der Waals surface area (Å²) in [5, 5.41) is 10.9. The van der Waals surface area contributed by atoms with Gasteiger partial charge in [-0.25, -0.2) is 0 Å². The monoisotopic (exact) mass is 219 g/mol. The van der Waals surface area contributed by atoms with Gasteiger partial charge in [0.15, 0.2) is 0 Å². The van der Waals surface area contributed by atoms with Crippen molar-refractivity contribution < 1.29 is 4.74 Å². The van der Waals surface area contributed by atoms with Gasteiger partial charge in [0.2, 0.25) is 0 Å². The van der Waals surface area contributed by atoms with E-state index in [1.807, 2.05) is 18.2 Å². The maximum Gasteiger partial charge on any atom is 0.118 e. The molecule has 0 radical (unpaired) electrons. The van der Waals surface area contributed by atoms with Crippen molar-refractivity contribution >= 4 is 11.0 Å². The Kier molecular flexibility index (Phi) is 3.51. The molecular formula is C12H17N3O. The Bertz CT molecular complexity index is 452. The quantitative estimate of drug-likeness (QED) is 0.787. The third-order valence-electron chi connectivity index (χ3n) is 2.68. The minimum absolute atomic E-state index is 0.0698. The number of para-hydroxylation sites is 1. The number of nitrogens with zero attached hydrogens (tertiary/aromatic N) is 2. The van der Waals surface area contributed by atoms with Crippen molar-refractivity contribution in [2.45, 2.75) is 32.8 Å². The van der Waals surface area contributed by atoms with E-state index in [0.29, 0.717) is 0 Å². The molecule has 1 aromatic heterocycles. The van der Waals surface area contributed by atoms with E-state index < -0.39 is 0 Å². The third kappa shape index (κ3) is 2.22. The third-order valence-corrected chi connectivity index (χ3v) is 2.68. The molecule has 16 heavy (non-hydrogen) atoms. The van der Waals surface area contributed by atoms with Crippen LogP contribution in [0, 0.1) is 0 Å². The standard InChI is InChI=1S/C12H17N3O/c1-3-4-8-16-9(2)10-6-5-7-11-12(10)14-15-13-11/h5-7,9H,3-4,8H2,1-2H3,(H,13,14,15). The van der Waals surface area contributed by atoms with E-state index in [2.05, 4.69) is 29.3 Å². The number of hydrogen-bond donors (Lipinski definition) is 1. The predicted octanol–water partition coefficient (Wildman–Crippen LogP) is 2.84. The first-order valence-electron chi connectivity index (χ1n) is 5.74. The predicted molar refractivity (Wildman–Crippen MR) is 63.2 cm³/mol. The second-order valence-corrected chi connectivity index (χ2v) is 3.91. The highest BCUT2D eigenvalue weighted by molar-refractivity contribution is 5.77. The second kappa shape index (κ2) is 5.07. The average molecular weight is 219 g/mol. The highest BCUT2D eigenvalue weighted by atomic mass is 16.5. The Hall–Kier alpha value is -1.42. The molecule has 1 atom stereocenters.